The standard InChI is InChI=1S/C16H16ClFN2O3S2/c1-9-2-4-13-10(6-9)7-14(24-13)16(21)19-20-25(22,23)15-5-3-11(18)8-12(15)17/h3,5,7-9,20H,2,4,6H2,1H3,(H,19,21)/t9-/m1/s1. The van der Waals surface area contributed by atoms with E-state index in [1.165, 1.54) is 16.2 Å². The molecule has 0 radical (unpaired) electrons. The quantitative estimate of drug-likeness (QED) is 0.770. The smallest absolute Gasteiger partial charge is 0.273 e. The predicted octanol–water partition coefficient (Wildman–Crippen LogP) is 3.29. The number of hydrogen-bond acceptors (Lipinski definition) is 4. The first-order valence-corrected chi connectivity index (χ1v) is 10.3. The van der Waals surface area contributed by atoms with E-state index in [2.05, 4.69) is 12.3 Å². The largest absolute Gasteiger partial charge is 0.276 e. The third kappa shape index (κ3) is 4.03. The van der Waals surface area contributed by atoms with Crippen LogP contribution in [-0.4, -0.2) is 14.3 Å². The Morgan fingerprint density at radius 2 is 2.12 bits per heavy atom. The van der Waals surface area contributed by atoms with Gasteiger partial charge in [0.1, 0.15) is 10.7 Å². The van der Waals surface area contributed by atoms with Crippen LogP contribution >= 0.6 is 22.9 Å². The first-order chi connectivity index (χ1) is 11.8. The van der Waals surface area contributed by atoms with Gasteiger partial charge in [0.15, 0.2) is 0 Å². The number of sulfonamides is 1. The van der Waals surface area contributed by atoms with E-state index >= 15 is 0 Å². The summed E-state index contributed by atoms with van der Waals surface area (Å²) in [6.45, 7) is 2.17. The van der Waals surface area contributed by atoms with E-state index in [4.69, 9.17) is 11.6 Å². The van der Waals surface area contributed by atoms with Gasteiger partial charge in [-0.2, -0.15) is 0 Å². The fraction of sp³-hybridized carbons (Fsp3) is 0.312. The zero-order valence-corrected chi connectivity index (χ0v) is 15.7. The van der Waals surface area contributed by atoms with Crippen LogP contribution in [0, 0.1) is 11.7 Å². The van der Waals surface area contributed by atoms with Gasteiger partial charge in [-0.25, -0.2) is 12.8 Å². The summed E-state index contributed by atoms with van der Waals surface area (Å²) in [5.74, 6) is -0.600. The van der Waals surface area contributed by atoms with E-state index < -0.39 is 21.7 Å². The number of carbonyl (C=O) groups excluding carboxylic acids is 1. The average Bonchev–Trinajstić information content (AvgIpc) is 2.95. The number of carbonyl (C=O) groups is 1. The van der Waals surface area contributed by atoms with Gasteiger partial charge in [0, 0.05) is 4.88 Å². The van der Waals surface area contributed by atoms with E-state index in [9.17, 15) is 17.6 Å². The van der Waals surface area contributed by atoms with Crippen molar-refractivity contribution in [3.05, 3.63) is 50.4 Å². The van der Waals surface area contributed by atoms with Crippen molar-refractivity contribution >= 4 is 38.9 Å². The summed E-state index contributed by atoms with van der Waals surface area (Å²) < 4.78 is 37.5. The molecule has 0 spiro atoms. The number of hydrazine groups is 1. The molecule has 25 heavy (non-hydrogen) atoms. The molecule has 134 valence electrons. The first-order valence-electron chi connectivity index (χ1n) is 7.65. The molecule has 1 atom stereocenters. The molecule has 1 heterocycles. The molecule has 0 aliphatic heterocycles. The van der Waals surface area contributed by atoms with E-state index in [0.29, 0.717) is 10.8 Å². The summed E-state index contributed by atoms with van der Waals surface area (Å²) in [4.78, 5) is 15.6. The lowest BCUT2D eigenvalue weighted by atomic mass is 9.90. The zero-order chi connectivity index (χ0) is 18.2. The maximum absolute atomic E-state index is 13.0. The average molecular weight is 403 g/mol. The molecule has 0 fully saturated rings. The predicted molar refractivity (Wildman–Crippen MR) is 94.7 cm³/mol. The minimum Gasteiger partial charge on any atom is -0.273 e. The topological polar surface area (TPSA) is 75.3 Å². The van der Waals surface area contributed by atoms with Gasteiger partial charge in [-0.15, -0.1) is 16.2 Å². The molecular weight excluding hydrogens is 387 g/mol. The van der Waals surface area contributed by atoms with Gasteiger partial charge in [-0.3, -0.25) is 10.2 Å². The van der Waals surface area contributed by atoms with Crippen LogP contribution < -0.4 is 10.3 Å². The van der Waals surface area contributed by atoms with Crippen LogP contribution in [0.15, 0.2) is 29.2 Å². The number of nitrogens with one attached hydrogen (secondary N) is 2. The summed E-state index contributed by atoms with van der Waals surface area (Å²) in [7, 11) is -4.10. The maximum atomic E-state index is 13.0. The molecule has 3 rings (SSSR count). The van der Waals surface area contributed by atoms with Crippen LogP contribution in [0.5, 0.6) is 0 Å². The fourth-order valence-electron chi connectivity index (χ4n) is 2.74. The molecule has 2 aromatic rings. The molecule has 1 aromatic carbocycles. The van der Waals surface area contributed by atoms with Crippen LogP contribution in [0.2, 0.25) is 5.02 Å². The molecule has 5 nitrogen and oxygen atoms in total. The Morgan fingerprint density at radius 1 is 1.36 bits per heavy atom. The van der Waals surface area contributed by atoms with Crippen molar-refractivity contribution in [1.29, 1.82) is 0 Å². The van der Waals surface area contributed by atoms with Crippen molar-refractivity contribution in [2.24, 2.45) is 5.92 Å². The molecule has 1 amide bonds. The molecule has 0 bridgehead atoms. The van der Waals surface area contributed by atoms with Crippen LogP contribution in [0.25, 0.3) is 0 Å². The molecular formula is C16H16ClFN2O3S2. The van der Waals surface area contributed by atoms with Gasteiger partial charge in [-0.05, 0) is 55.0 Å². The number of rotatable bonds is 4. The minimum absolute atomic E-state index is 0.262. The molecule has 0 saturated heterocycles. The summed E-state index contributed by atoms with van der Waals surface area (Å²) in [6, 6.07) is 4.73. The lowest BCUT2D eigenvalue weighted by Crippen LogP contribution is -2.41. The van der Waals surface area contributed by atoms with Gasteiger partial charge >= 0.3 is 0 Å². The number of fused-ring (bicyclic) bond motifs is 1. The first kappa shape index (κ1) is 18.3. The SMILES string of the molecule is C[C@@H]1CCc2sc(C(=O)NNS(=O)(=O)c3ccc(F)cc3Cl)cc2C1. The van der Waals surface area contributed by atoms with Gasteiger partial charge < -0.3 is 0 Å². The van der Waals surface area contributed by atoms with Crippen molar-refractivity contribution < 1.29 is 17.6 Å². The molecule has 1 aromatic heterocycles. The molecule has 1 aliphatic rings. The molecule has 0 saturated carbocycles. The Labute approximate surface area is 154 Å². The highest BCUT2D eigenvalue weighted by Gasteiger charge is 2.23. The number of aryl methyl sites for hydroxylation is 1. The number of hydrogen-bond donors (Lipinski definition) is 2. The highest BCUT2D eigenvalue weighted by molar-refractivity contribution is 7.89. The van der Waals surface area contributed by atoms with E-state index in [1.807, 2.05) is 10.9 Å². The summed E-state index contributed by atoms with van der Waals surface area (Å²) in [5, 5.41) is -0.262. The lowest BCUT2D eigenvalue weighted by molar-refractivity contribution is 0.0949. The summed E-state index contributed by atoms with van der Waals surface area (Å²) >= 11 is 7.13. The second kappa shape index (κ2) is 7.03. The Morgan fingerprint density at radius 3 is 2.84 bits per heavy atom. The van der Waals surface area contributed by atoms with E-state index in [-0.39, 0.29) is 9.92 Å². The molecule has 0 unspecified atom stereocenters. The Hall–Kier alpha value is -1.48. The Kier molecular flexibility index (Phi) is 5.15. The van der Waals surface area contributed by atoms with Gasteiger partial charge in [-0.1, -0.05) is 18.5 Å². The third-order valence-corrected chi connectivity index (χ3v) is 7.00. The van der Waals surface area contributed by atoms with E-state index in [1.54, 1.807) is 0 Å². The van der Waals surface area contributed by atoms with Crippen molar-refractivity contribution in [1.82, 2.24) is 10.3 Å². The van der Waals surface area contributed by atoms with Gasteiger partial charge in [0.25, 0.3) is 15.9 Å². The minimum atomic E-state index is -4.10. The highest BCUT2D eigenvalue weighted by atomic mass is 35.5. The van der Waals surface area contributed by atoms with Crippen LogP contribution in [0.3, 0.4) is 0 Å². The van der Waals surface area contributed by atoms with E-state index in [0.717, 1.165) is 43.0 Å². The zero-order valence-electron chi connectivity index (χ0n) is 13.3. The van der Waals surface area contributed by atoms with Crippen molar-refractivity contribution in [2.45, 2.75) is 31.1 Å². The molecule has 9 heteroatoms. The van der Waals surface area contributed by atoms with Crippen molar-refractivity contribution in [3.63, 3.8) is 0 Å². The molecule has 2 N–H and O–H groups in total. The van der Waals surface area contributed by atoms with Crippen LogP contribution in [0.1, 0.15) is 33.5 Å². The second-order valence-corrected chi connectivity index (χ2v) is 9.24. The normalized spacial score (nSPS) is 17.2. The van der Waals surface area contributed by atoms with Crippen LogP contribution in [-0.2, 0) is 22.9 Å². The number of halogens is 2. The summed E-state index contributed by atoms with van der Waals surface area (Å²) in [6.07, 6.45) is 2.95. The number of benzene rings is 1. The highest BCUT2D eigenvalue weighted by Crippen LogP contribution is 2.32. The Balaban J connectivity index is 1.71. The summed E-state index contributed by atoms with van der Waals surface area (Å²) in [5.41, 5.74) is 3.33. The fourth-order valence-corrected chi connectivity index (χ4v) is 5.22. The van der Waals surface area contributed by atoms with Gasteiger partial charge in [0.2, 0.25) is 0 Å². The number of thiophene rings is 1. The third-order valence-electron chi connectivity index (χ3n) is 4.04. The van der Waals surface area contributed by atoms with Gasteiger partial charge in [0.05, 0.1) is 9.90 Å². The van der Waals surface area contributed by atoms with Crippen molar-refractivity contribution in [2.75, 3.05) is 0 Å². The monoisotopic (exact) mass is 402 g/mol. The number of amides is 1. The lowest BCUT2D eigenvalue weighted by Gasteiger charge is -2.16. The Bertz CT molecular complexity index is 927. The maximum Gasteiger partial charge on any atom is 0.276 e. The molecule has 1 aliphatic carbocycles. The van der Waals surface area contributed by atoms with Crippen molar-refractivity contribution in [3.8, 4) is 0 Å². The second-order valence-electron chi connectivity index (χ2n) is 6.04. The van der Waals surface area contributed by atoms with Crippen LogP contribution in [0.4, 0.5) is 4.39 Å².